The summed E-state index contributed by atoms with van der Waals surface area (Å²) >= 11 is 0. The lowest BCUT2D eigenvalue weighted by Crippen LogP contribution is -2.28. The summed E-state index contributed by atoms with van der Waals surface area (Å²) in [5, 5.41) is 6.04. The van der Waals surface area contributed by atoms with Crippen molar-refractivity contribution >= 4 is 35.7 Å². The standard InChI is InChI=1S/C12H13BN2O4S/c1-2-7-3-4-9-8(5-7)6-10(20(17,18)19)11(12(9)16)14-15-13/h3-6,15H,2,13H2,1H3,(H,17,18,19)/b14-11-. The van der Waals surface area contributed by atoms with Crippen molar-refractivity contribution in [2.24, 2.45) is 5.10 Å². The SMILES string of the molecule is BN/N=C1\C(=O)c2ccc(CC)cc2C=C1S(=O)(=O)O. The van der Waals surface area contributed by atoms with Crippen molar-refractivity contribution in [1.29, 1.82) is 0 Å². The molecule has 2 N–H and O–H groups in total. The third kappa shape index (κ3) is 2.52. The quantitative estimate of drug-likeness (QED) is 0.470. The Bertz CT molecular complexity index is 738. The Hall–Kier alpha value is -1.93. The highest BCUT2D eigenvalue weighted by Crippen LogP contribution is 2.26. The Morgan fingerprint density at radius 3 is 2.65 bits per heavy atom. The van der Waals surface area contributed by atoms with Gasteiger partial charge in [-0.15, -0.1) is 0 Å². The van der Waals surface area contributed by atoms with Crippen LogP contribution in [0.5, 0.6) is 0 Å². The summed E-state index contributed by atoms with van der Waals surface area (Å²) in [7, 11) is -3.08. The molecule has 0 saturated heterocycles. The summed E-state index contributed by atoms with van der Waals surface area (Å²) in [6, 6.07) is 5.17. The molecule has 0 amide bonds. The van der Waals surface area contributed by atoms with Crippen LogP contribution < -0.4 is 5.34 Å². The van der Waals surface area contributed by atoms with E-state index in [0.29, 0.717) is 11.1 Å². The molecule has 2 rings (SSSR count). The number of benzene rings is 1. The van der Waals surface area contributed by atoms with Crippen LogP contribution in [0.2, 0.25) is 0 Å². The van der Waals surface area contributed by atoms with Crippen LogP contribution >= 0.6 is 0 Å². The van der Waals surface area contributed by atoms with Gasteiger partial charge in [0.05, 0.1) is 0 Å². The van der Waals surface area contributed by atoms with Gasteiger partial charge in [-0.1, -0.05) is 25.1 Å². The Balaban J connectivity index is 2.73. The molecule has 0 fully saturated rings. The summed E-state index contributed by atoms with van der Waals surface area (Å²) in [5.41, 5.74) is 1.49. The summed E-state index contributed by atoms with van der Waals surface area (Å²) < 4.78 is 32.1. The summed E-state index contributed by atoms with van der Waals surface area (Å²) in [6.45, 7) is 1.95. The summed E-state index contributed by atoms with van der Waals surface area (Å²) in [4.78, 5) is 11.8. The number of allylic oxidation sites excluding steroid dienone is 1. The van der Waals surface area contributed by atoms with Gasteiger partial charge in [-0.25, -0.2) is 0 Å². The fourth-order valence-corrected chi connectivity index (χ4v) is 2.68. The first-order chi connectivity index (χ1) is 9.38. The molecule has 0 unspecified atom stereocenters. The number of fused-ring (bicyclic) bond motifs is 1. The van der Waals surface area contributed by atoms with Crippen LogP contribution in [0.1, 0.15) is 28.4 Å². The summed E-state index contributed by atoms with van der Waals surface area (Å²) in [5.74, 6) is -0.535. The van der Waals surface area contributed by atoms with E-state index < -0.39 is 20.8 Å². The monoisotopic (exact) mass is 292 g/mol. The number of hydrazone groups is 1. The molecule has 1 aromatic carbocycles. The largest absolute Gasteiger partial charge is 0.361 e. The fourth-order valence-electron chi connectivity index (χ4n) is 2.02. The molecule has 0 saturated carbocycles. The number of aryl methyl sites for hydroxylation is 1. The van der Waals surface area contributed by atoms with E-state index in [1.54, 1.807) is 18.2 Å². The number of hydrogen-bond donors (Lipinski definition) is 2. The molecule has 1 aliphatic rings. The van der Waals surface area contributed by atoms with E-state index in [9.17, 15) is 17.8 Å². The van der Waals surface area contributed by atoms with Crippen LogP contribution in [-0.4, -0.2) is 32.4 Å². The highest BCUT2D eigenvalue weighted by Gasteiger charge is 2.32. The van der Waals surface area contributed by atoms with Crippen molar-refractivity contribution in [1.82, 2.24) is 5.34 Å². The van der Waals surface area contributed by atoms with E-state index in [4.69, 9.17) is 0 Å². The van der Waals surface area contributed by atoms with Gasteiger partial charge in [-0.05, 0) is 23.6 Å². The van der Waals surface area contributed by atoms with E-state index in [0.717, 1.165) is 12.0 Å². The first-order valence-corrected chi connectivity index (χ1v) is 7.44. The zero-order valence-corrected chi connectivity index (χ0v) is 11.9. The molecular formula is C12H13BN2O4S. The van der Waals surface area contributed by atoms with E-state index in [2.05, 4.69) is 10.4 Å². The number of rotatable bonds is 3. The first-order valence-electron chi connectivity index (χ1n) is 6.00. The van der Waals surface area contributed by atoms with Crippen LogP contribution in [0.15, 0.2) is 28.2 Å². The van der Waals surface area contributed by atoms with Crippen molar-refractivity contribution in [2.75, 3.05) is 0 Å². The molecule has 0 aliphatic heterocycles. The predicted molar refractivity (Wildman–Crippen MR) is 78.8 cm³/mol. The number of hydrogen-bond acceptors (Lipinski definition) is 5. The molecule has 8 heteroatoms. The maximum atomic E-state index is 12.3. The molecule has 1 aromatic rings. The van der Waals surface area contributed by atoms with Gasteiger partial charge in [-0.3, -0.25) is 9.35 Å². The van der Waals surface area contributed by atoms with Crippen molar-refractivity contribution < 1.29 is 17.8 Å². The summed E-state index contributed by atoms with van der Waals surface area (Å²) in [6.07, 6.45) is 2.02. The van der Waals surface area contributed by atoms with E-state index in [1.165, 1.54) is 14.1 Å². The number of ketones is 1. The molecule has 0 aromatic heterocycles. The van der Waals surface area contributed by atoms with Gasteiger partial charge in [0, 0.05) is 5.56 Å². The minimum Gasteiger partial charge on any atom is -0.361 e. The van der Waals surface area contributed by atoms with E-state index in [-0.39, 0.29) is 5.71 Å². The van der Waals surface area contributed by atoms with Crippen LogP contribution in [-0.2, 0) is 16.5 Å². The van der Waals surface area contributed by atoms with Crippen LogP contribution in [0.3, 0.4) is 0 Å². The molecule has 0 bridgehead atoms. The highest BCUT2D eigenvalue weighted by atomic mass is 32.2. The third-order valence-electron chi connectivity index (χ3n) is 3.01. The molecule has 0 atom stereocenters. The minimum atomic E-state index is -4.52. The zero-order valence-electron chi connectivity index (χ0n) is 11.0. The Morgan fingerprint density at radius 2 is 2.10 bits per heavy atom. The van der Waals surface area contributed by atoms with Gasteiger partial charge in [0.1, 0.15) is 4.91 Å². The fraction of sp³-hybridized carbons (Fsp3) is 0.167. The molecule has 20 heavy (non-hydrogen) atoms. The molecule has 1 aliphatic carbocycles. The molecular weight excluding hydrogens is 279 g/mol. The minimum absolute atomic E-state index is 0.313. The van der Waals surface area contributed by atoms with E-state index in [1.807, 2.05) is 6.92 Å². The van der Waals surface area contributed by atoms with Crippen LogP contribution in [0, 0.1) is 0 Å². The first kappa shape index (κ1) is 14.5. The number of nitrogens with zero attached hydrogens (tertiary/aromatic N) is 1. The van der Waals surface area contributed by atoms with Crippen molar-refractivity contribution in [2.45, 2.75) is 13.3 Å². The van der Waals surface area contributed by atoms with Gasteiger partial charge in [0.15, 0.2) is 5.71 Å². The average molecular weight is 292 g/mol. The number of carbonyl (C=O) groups excluding carboxylic acids is 1. The lowest BCUT2D eigenvalue weighted by atomic mass is 9.92. The number of carbonyl (C=O) groups is 1. The Morgan fingerprint density at radius 1 is 1.40 bits per heavy atom. The molecule has 0 radical (unpaired) electrons. The smallest absolute Gasteiger partial charge is 0.296 e. The van der Waals surface area contributed by atoms with Gasteiger partial charge in [0.25, 0.3) is 10.1 Å². The average Bonchev–Trinajstić information content (AvgIpc) is 2.40. The second-order valence-corrected chi connectivity index (χ2v) is 5.66. The lowest BCUT2D eigenvalue weighted by molar-refractivity contribution is 0.106. The number of nitrogens with one attached hydrogen (secondary N) is 1. The topological polar surface area (TPSA) is 95.8 Å². The van der Waals surface area contributed by atoms with Crippen LogP contribution in [0.25, 0.3) is 6.08 Å². The van der Waals surface area contributed by atoms with Crippen LogP contribution in [0.4, 0.5) is 0 Å². The van der Waals surface area contributed by atoms with Gasteiger partial charge in [-0.2, -0.15) is 13.5 Å². The second-order valence-electron chi connectivity index (χ2n) is 4.27. The second kappa shape index (κ2) is 5.22. The van der Waals surface area contributed by atoms with Gasteiger partial charge in [0.2, 0.25) is 13.8 Å². The zero-order chi connectivity index (χ0) is 14.9. The normalized spacial score (nSPS) is 16.8. The maximum Gasteiger partial charge on any atom is 0.296 e. The van der Waals surface area contributed by atoms with Crippen molar-refractivity contribution in [3.05, 3.63) is 39.8 Å². The molecule has 6 nitrogen and oxygen atoms in total. The Kier molecular flexibility index (Phi) is 3.78. The molecule has 104 valence electrons. The highest BCUT2D eigenvalue weighted by molar-refractivity contribution is 7.91. The van der Waals surface area contributed by atoms with Crippen molar-refractivity contribution in [3.8, 4) is 0 Å². The Labute approximate surface area is 117 Å². The maximum absolute atomic E-state index is 12.3. The molecule has 0 heterocycles. The van der Waals surface area contributed by atoms with Crippen molar-refractivity contribution in [3.63, 3.8) is 0 Å². The predicted octanol–water partition coefficient (Wildman–Crippen LogP) is 0.168. The molecule has 0 spiro atoms. The third-order valence-corrected chi connectivity index (χ3v) is 3.87. The van der Waals surface area contributed by atoms with Gasteiger partial charge < -0.3 is 5.34 Å². The number of Topliss-reactive ketones (excluding diaryl/α,β-unsaturated/α-hetero) is 1. The van der Waals surface area contributed by atoms with Gasteiger partial charge >= 0.3 is 0 Å². The lowest BCUT2D eigenvalue weighted by Gasteiger charge is -2.16. The van der Waals surface area contributed by atoms with E-state index >= 15 is 0 Å².